The van der Waals surface area contributed by atoms with E-state index in [9.17, 15) is 9.59 Å². The van der Waals surface area contributed by atoms with Crippen molar-refractivity contribution in [1.82, 2.24) is 5.32 Å². The number of rotatable bonds is 8. The molecule has 0 unspecified atom stereocenters. The van der Waals surface area contributed by atoms with Gasteiger partial charge in [0.2, 0.25) is 0 Å². The third-order valence-electron chi connectivity index (χ3n) is 4.32. The van der Waals surface area contributed by atoms with Crippen molar-refractivity contribution in [3.8, 4) is 11.1 Å². The molecule has 0 aliphatic heterocycles. The van der Waals surface area contributed by atoms with Crippen molar-refractivity contribution in [2.24, 2.45) is 0 Å². The summed E-state index contributed by atoms with van der Waals surface area (Å²) in [5.41, 5.74) is 3.01. The standard InChI is InChI=1S/C25H31NO4/c1-6-29-23(27)18(2)16-22(26-24(28)30-25(3,4)5)17-19-12-14-21(15-13-19)20-10-8-7-9-11-20/h7-15,22H,2,6,16-17H2,1,3-5H3,(H,26,28)/t22-/m0/s1. The molecule has 2 rings (SSSR count). The van der Waals surface area contributed by atoms with Crippen molar-refractivity contribution in [3.05, 3.63) is 72.3 Å². The number of amides is 1. The highest BCUT2D eigenvalue weighted by Gasteiger charge is 2.22. The third-order valence-corrected chi connectivity index (χ3v) is 4.32. The Kier molecular flexibility index (Phi) is 8.22. The van der Waals surface area contributed by atoms with Gasteiger partial charge in [0.05, 0.1) is 6.61 Å². The molecule has 0 saturated carbocycles. The van der Waals surface area contributed by atoms with E-state index in [1.54, 1.807) is 27.7 Å². The van der Waals surface area contributed by atoms with Crippen molar-refractivity contribution in [2.45, 2.75) is 52.2 Å². The van der Waals surface area contributed by atoms with Crippen molar-refractivity contribution in [3.63, 3.8) is 0 Å². The second-order valence-corrected chi connectivity index (χ2v) is 8.14. The lowest BCUT2D eigenvalue weighted by Crippen LogP contribution is -2.40. The molecule has 1 N–H and O–H groups in total. The molecule has 0 aromatic heterocycles. The minimum Gasteiger partial charge on any atom is -0.463 e. The maximum atomic E-state index is 12.3. The van der Waals surface area contributed by atoms with Crippen LogP contribution in [0.1, 0.15) is 39.7 Å². The largest absolute Gasteiger partial charge is 0.463 e. The van der Waals surface area contributed by atoms with Crippen LogP contribution in [0.3, 0.4) is 0 Å². The molecule has 0 fully saturated rings. The Labute approximate surface area is 179 Å². The van der Waals surface area contributed by atoms with E-state index in [4.69, 9.17) is 9.47 Å². The van der Waals surface area contributed by atoms with E-state index in [-0.39, 0.29) is 19.1 Å². The van der Waals surface area contributed by atoms with Gasteiger partial charge < -0.3 is 14.8 Å². The van der Waals surface area contributed by atoms with E-state index in [0.717, 1.165) is 16.7 Å². The van der Waals surface area contributed by atoms with Gasteiger partial charge in [0, 0.05) is 11.6 Å². The quantitative estimate of drug-likeness (QED) is 0.475. The summed E-state index contributed by atoms with van der Waals surface area (Å²) >= 11 is 0. The van der Waals surface area contributed by atoms with Crippen LogP contribution in [0.2, 0.25) is 0 Å². The van der Waals surface area contributed by atoms with Crippen molar-refractivity contribution in [2.75, 3.05) is 6.61 Å². The van der Waals surface area contributed by atoms with Crippen LogP contribution in [-0.2, 0) is 20.7 Å². The number of hydrogen-bond acceptors (Lipinski definition) is 4. The topological polar surface area (TPSA) is 64.6 Å². The van der Waals surface area contributed by atoms with Crippen LogP contribution in [0.15, 0.2) is 66.7 Å². The number of ether oxygens (including phenoxy) is 2. The number of nitrogens with one attached hydrogen (secondary N) is 1. The molecule has 0 radical (unpaired) electrons. The van der Waals surface area contributed by atoms with Gasteiger partial charge in [-0.1, -0.05) is 61.2 Å². The number of alkyl carbamates (subject to hydrolysis) is 1. The van der Waals surface area contributed by atoms with Crippen molar-refractivity contribution < 1.29 is 19.1 Å². The van der Waals surface area contributed by atoms with E-state index in [1.165, 1.54) is 0 Å². The fraction of sp³-hybridized carbons (Fsp3) is 0.360. The lowest BCUT2D eigenvalue weighted by Gasteiger charge is -2.24. The summed E-state index contributed by atoms with van der Waals surface area (Å²) in [5, 5.41) is 2.87. The molecule has 2 aromatic carbocycles. The zero-order valence-electron chi connectivity index (χ0n) is 18.2. The van der Waals surface area contributed by atoms with Gasteiger partial charge in [-0.15, -0.1) is 0 Å². The Hall–Kier alpha value is -3.08. The fourth-order valence-corrected chi connectivity index (χ4v) is 3.01. The Morgan fingerprint density at radius 2 is 1.60 bits per heavy atom. The van der Waals surface area contributed by atoms with Gasteiger partial charge in [0.1, 0.15) is 5.60 Å². The van der Waals surface area contributed by atoms with Crippen LogP contribution in [-0.4, -0.2) is 30.3 Å². The van der Waals surface area contributed by atoms with Crippen LogP contribution in [0, 0.1) is 0 Å². The molecule has 1 atom stereocenters. The highest BCUT2D eigenvalue weighted by atomic mass is 16.6. The molecule has 30 heavy (non-hydrogen) atoms. The molecule has 1 amide bonds. The second kappa shape index (κ2) is 10.6. The van der Waals surface area contributed by atoms with Gasteiger partial charge in [-0.25, -0.2) is 9.59 Å². The molecular weight excluding hydrogens is 378 g/mol. The Morgan fingerprint density at radius 3 is 2.17 bits per heavy atom. The molecular formula is C25H31NO4. The van der Waals surface area contributed by atoms with E-state index in [0.29, 0.717) is 12.0 Å². The second-order valence-electron chi connectivity index (χ2n) is 8.14. The summed E-state index contributed by atoms with van der Waals surface area (Å²) in [7, 11) is 0. The van der Waals surface area contributed by atoms with Crippen LogP contribution >= 0.6 is 0 Å². The van der Waals surface area contributed by atoms with E-state index in [1.807, 2.05) is 30.3 Å². The van der Waals surface area contributed by atoms with Gasteiger partial charge in [-0.2, -0.15) is 0 Å². The fourth-order valence-electron chi connectivity index (χ4n) is 3.01. The van der Waals surface area contributed by atoms with Gasteiger partial charge >= 0.3 is 12.1 Å². The van der Waals surface area contributed by atoms with E-state index in [2.05, 4.69) is 36.2 Å². The average molecular weight is 410 g/mol. The summed E-state index contributed by atoms with van der Waals surface area (Å²) in [6.45, 7) is 11.3. The number of hydrogen-bond donors (Lipinski definition) is 1. The highest BCUT2D eigenvalue weighted by Crippen LogP contribution is 2.21. The molecule has 2 aromatic rings. The average Bonchev–Trinajstić information content (AvgIpc) is 2.68. The maximum Gasteiger partial charge on any atom is 0.407 e. The van der Waals surface area contributed by atoms with Gasteiger partial charge in [-0.05, 0) is 57.2 Å². The van der Waals surface area contributed by atoms with Gasteiger partial charge in [-0.3, -0.25) is 0 Å². The van der Waals surface area contributed by atoms with Crippen LogP contribution in [0.25, 0.3) is 11.1 Å². The molecule has 0 spiro atoms. The molecule has 0 aliphatic rings. The smallest absolute Gasteiger partial charge is 0.407 e. The summed E-state index contributed by atoms with van der Waals surface area (Å²) in [6.07, 6.45) is 0.288. The summed E-state index contributed by atoms with van der Waals surface area (Å²) in [6, 6.07) is 17.9. The van der Waals surface area contributed by atoms with Crippen LogP contribution in [0.5, 0.6) is 0 Å². The first-order valence-corrected chi connectivity index (χ1v) is 10.2. The third kappa shape index (κ3) is 7.74. The normalized spacial score (nSPS) is 12.0. The minimum absolute atomic E-state index is 0.276. The van der Waals surface area contributed by atoms with E-state index < -0.39 is 17.7 Å². The first-order valence-electron chi connectivity index (χ1n) is 10.2. The molecule has 0 heterocycles. The Balaban J connectivity index is 2.11. The molecule has 5 heteroatoms. The number of esters is 1. The number of carbonyl (C=O) groups excluding carboxylic acids is 2. The van der Waals surface area contributed by atoms with Gasteiger partial charge in [0.25, 0.3) is 0 Å². The highest BCUT2D eigenvalue weighted by molar-refractivity contribution is 5.87. The van der Waals surface area contributed by atoms with Crippen LogP contribution in [0.4, 0.5) is 4.79 Å². The van der Waals surface area contributed by atoms with Crippen LogP contribution < -0.4 is 5.32 Å². The number of carbonyl (C=O) groups is 2. The molecule has 5 nitrogen and oxygen atoms in total. The molecule has 0 saturated heterocycles. The predicted molar refractivity (Wildman–Crippen MR) is 119 cm³/mol. The Morgan fingerprint density at radius 1 is 1.00 bits per heavy atom. The molecule has 160 valence electrons. The zero-order chi connectivity index (χ0) is 22.1. The molecule has 0 bridgehead atoms. The van der Waals surface area contributed by atoms with Crippen molar-refractivity contribution in [1.29, 1.82) is 0 Å². The maximum absolute atomic E-state index is 12.3. The zero-order valence-corrected chi connectivity index (χ0v) is 18.2. The lowest BCUT2D eigenvalue weighted by molar-refractivity contribution is -0.138. The van der Waals surface area contributed by atoms with Crippen molar-refractivity contribution >= 4 is 12.1 Å². The number of benzene rings is 2. The first kappa shape index (κ1) is 23.2. The summed E-state index contributed by atoms with van der Waals surface area (Å²) in [4.78, 5) is 24.3. The first-order chi connectivity index (χ1) is 14.2. The predicted octanol–water partition coefficient (Wildman–Crippen LogP) is 5.30. The SMILES string of the molecule is C=C(C[C@@H](Cc1ccc(-c2ccccc2)cc1)NC(=O)OC(C)(C)C)C(=O)OCC. The van der Waals surface area contributed by atoms with Gasteiger partial charge in [0.15, 0.2) is 0 Å². The Bertz CT molecular complexity index is 851. The summed E-state index contributed by atoms with van der Waals surface area (Å²) < 4.78 is 10.4. The lowest BCUT2D eigenvalue weighted by atomic mass is 9.97. The van der Waals surface area contributed by atoms with E-state index >= 15 is 0 Å². The summed E-state index contributed by atoms with van der Waals surface area (Å²) in [5.74, 6) is -0.451. The minimum atomic E-state index is -0.607. The monoisotopic (exact) mass is 409 g/mol. The molecule has 0 aliphatic carbocycles.